The minimum Gasteiger partial charge on any atom is -0.294 e. The van der Waals surface area contributed by atoms with Crippen LogP contribution in [0.3, 0.4) is 0 Å². The maximum atomic E-state index is 12.4. The summed E-state index contributed by atoms with van der Waals surface area (Å²) in [6, 6.07) is 0. The van der Waals surface area contributed by atoms with E-state index < -0.39 is 0 Å². The largest absolute Gasteiger partial charge is 0.294 e. The molecule has 0 saturated heterocycles. The fraction of sp³-hybridized carbons (Fsp3) is 0.667. The van der Waals surface area contributed by atoms with E-state index in [4.69, 9.17) is 0 Å². The third-order valence-corrected chi connectivity index (χ3v) is 4.67. The Balaban J connectivity index is 1.90. The fourth-order valence-electron chi connectivity index (χ4n) is 3.84. The van der Waals surface area contributed by atoms with Gasteiger partial charge in [0.1, 0.15) is 0 Å². The van der Waals surface area contributed by atoms with Crippen LogP contribution in [-0.4, -0.2) is 5.78 Å². The highest BCUT2D eigenvalue weighted by molar-refractivity contribution is 5.99. The predicted molar refractivity (Wildman–Crippen MR) is 65.0 cm³/mol. The molecule has 2 fully saturated rings. The summed E-state index contributed by atoms with van der Waals surface area (Å²) in [6.07, 6.45) is 11.7. The molecule has 0 aromatic carbocycles. The second-order valence-corrected chi connectivity index (χ2v) is 5.79. The van der Waals surface area contributed by atoms with Crippen LogP contribution in [0.4, 0.5) is 0 Å². The van der Waals surface area contributed by atoms with Crippen molar-refractivity contribution >= 4 is 5.78 Å². The van der Waals surface area contributed by atoms with Crippen LogP contribution >= 0.6 is 0 Å². The maximum absolute atomic E-state index is 12.4. The number of hydrogen-bond acceptors (Lipinski definition) is 1. The normalized spacial score (nSPS) is 38.3. The van der Waals surface area contributed by atoms with Gasteiger partial charge in [0.05, 0.1) is 0 Å². The van der Waals surface area contributed by atoms with E-state index in [2.05, 4.69) is 19.1 Å². The maximum Gasteiger partial charge on any atom is 0.162 e. The molecule has 0 aromatic rings. The molecule has 16 heavy (non-hydrogen) atoms. The van der Waals surface area contributed by atoms with Crippen LogP contribution in [0.25, 0.3) is 0 Å². The van der Waals surface area contributed by atoms with E-state index in [1.54, 1.807) is 0 Å². The van der Waals surface area contributed by atoms with Crippen LogP contribution in [0.1, 0.15) is 45.4 Å². The van der Waals surface area contributed by atoms with Crippen LogP contribution in [0.2, 0.25) is 0 Å². The zero-order valence-electron chi connectivity index (χ0n) is 10.0. The Morgan fingerprint density at radius 1 is 1.19 bits per heavy atom. The second kappa shape index (κ2) is 3.87. The van der Waals surface area contributed by atoms with Gasteiger partial charge >= 0.3 is 0 Å². The zero-order chi connectivity index (χ0) is 11.1. The summed E-state index contributed by atoms with van der Waals surface area (Å²) >= 11 is 0. The highest BCUT2D eigenvalue weighted by atomic mass is 16.1. The highest BCUT2D eigenvalue weighted by Crippen LogP contribution is 2.45. The first-order valence-corrected chi connectivity index (χ1v) is 6.67. The molecule has 2 saturated carbocycles. The first-order valence-electron chi connectivity index (χ1n) is 6.67. The molecule has 0 bridgehead atoms. The fourth-order valence-corrected chi connectivity index (χ4v) is 3.84. The molecule has 0 radical (unpaired) electrons. The van der Waals surface area contributed by atoms with E-state index in [1.807, 2.05) is 0 Å². The van der Waals surface area contributed by atoms with E-state index in [-0.39, 0.29) is 0 Å². The van der Waals surface area contributed by atoms with Gasteiger partial charge in [0, 0.05) is 5.92 Å². The molecule has 0 aliphatic heterocycles. The number of rotatable bonds is 0. The molecule has 0 N–H and O–H groups in total. The van der Waals surface area contributed by atoms with Crippen molar-refractivity contribution in [3.8, 4) is 0 Å². The predicted octanol–water partition coefficient (Wildman–Crippen LogP) is 3.66. The van der Waals surface area contributed by atoms with Gasteiger partial charge in [-0.3, -0.25) is 4.79 Å². The minimum atomic E-state index is 0.378. The molecule has 1 nitrogen and oxygen atoms in total. The second-order valence-electron chi connectivity index (χ2n) is 5.79. The quantitative estimate of drug-likeness (QED) is 0.604. The van der Waals surface area contributed by atoms with Gasteiger partial charge in [-0.2, -0.15) is 0 Å². The molecular weight excluding hydrogens is 196 g/mol. The summed E-state index contributed by atoms with van der Waals surface area (Å²) < 4.78 is 0. The first kappa shape index (κ1) is 10.3. The van der Waals surface area contributed by atoms with E-state index in [9.17, 15) is 4.79 Å². The number of allylic oxidation sites excluding steroid dienone is 4. The van der Waals surface area contributed by atoms with Crippen molar-refractivity contribution in [2.45, 2.75) is 45.4 Å². The lowest BCUT2D eigenvalue weighted by Crippen LogP contribution is -2.37. The van der Waals surface area contributed by atoms with Gasteiger partial charge in [-0.1, -0.05) is 30.6 Å². The van der Waals surface area contributed by atoms with E-state index in [1.165, 1.54) is 31.3 Å². The molecule has 0 amide bonds. The number of fused-ring (bicyclic) bond motifs is 2. The van der Waals surface area contributed by atoms with Crippen LogP contribution in [0, 0.1) is 17.8 Å². The Morgan fingerprint density at radius 3 is 2.88 bits per heavy atom. The van der Waals surface area contributed by atoms with Gasteiger partial charge in [0.15, 0.2) is 5.78 Å². The van der Waals surface area contributed by atoms with E-state index in [0.29, 0.717) is 23.5 Å². The number of carbonyl (C=O) groups is 1. The molecule has 3 unspecified atom stereocenters. The van der Waals surface area contributed by atoms with E-state index in [0.717, 1.165) is 18.4 Å². The average molecular weight is 216 g/mol. The van der Waals surface area contributed by atoms with Crippen molar-refractivity contribution in [1.82, 2.24) is 0 Å². The van der Waals surface area contributed by atoms with Crippen LogP contribution in [0.5, 0.6) is 0 Å². The van der Waals surface area contributed by atoms with Crippen molar-refractivity contribution in [1.29, 1.82) is 0 Å². The number of Topliss-reactive ketones (excluding diaryl/α,β-unsaturated/α-hetero) is 1. The molecule has 0 aromatic heterocycles. The number of carbonyl (C=O) groups excluding carboxylic acids is 1. The third kappa shape index (κ3) is 1.57. The Bertz CT molecular complexity index is 375. The Labute approximate surface area is 97.6 Å². The summed E-state index contributed by atoms with van der Waals surface area (Å²) in [4.78, 5) is 12.4. The molecule has 3 aliphatic rings. The van der Waals surface area contributed by atoms with Crippen LogP contribution < -0.4 is 0 Å². The Kier molecular flexibility index (Phi) is 2.49. The van der Waals surface area contributed by atoms with Gasteiger partial charge in [0.25, 0.3) is 0 Å². The van der Waals surface area contributed by atoms with Crippen molar-refractivity contribution in [2.24, 2.45) is 17.8 Å². The Morgan fingerprint density at radius 2 is 2.00 bits per heavy atom. The average Bonchev–Trinajstić information content (AvgIpc) is 2.29. The summed E-state index contributed by atoms with van der Waals surface area (Å²) in [6.45, 7) is 2.19. The van der Waals surface area contributed by atoms with Gasteiger partial charge < -0.3 is 0 Å². The van der Waals surface area contributed by atoms with Crippen molar-refractivity contribution in [3.63, 3.8) is 0 Å². The third-order valence-electron chi connectivity index (χ3n) is 4.67. The summed E-state index contributed by atoms with van der Waals surface area (Å²) in [5.41, 5.74) is 2.59. The molecule has 3 atom stereocenters. The van der Waals surface area contributed by atoms with Gasteiger partial charge in [-0.25, -0.2) is 0 Å². The van der Waals surface area contributed by atoms with Crippen LogP contribution in [-0.2, 0) is 4.79 Å². The lowest BCUT2D eigenvalue weighted by molar-refractivity contribution is -0.124. The minimum absolute atomic E-state index is 0.378. The highest BCUT2D eigenvalue weighted by Gasteiger charge is 2.41. The number of ketones is 1. The van der Waals surface area contributed by atoms with Gasteiger partial charge in [-0.15, -0.1) is 0 Å². The summed E-state index contributed by atoms with van der Waals surface area (Å²) in [7, 11) is 0. The topological polar surface area (TPSA) is 17.1 Å². The molecule has 0 spiro atoms. The van der Waals surface area contributed by atoms with Crippen molar-refractivity contribution in [2.75, 3.05) is 0 Å². The standard InChI is InChI=1S/C15H20O/c1-10-6-7-14-12(8-10)9-11-4-2-3-5-13(11)15(14)16/h6-7,11-13H,2-5,8-9H2,1H3. The zero-order valence-corrected chi connectivity index (χ0v) is 10.0. The molecular formula is C15H20O. The SMILES string of the molecule is CC1=CC=C2C(=O)C3CCCCC3CC2C1. The lowest BCUT2D eigenvalue weighted by Gasteiger charge is -2.40. The van der Waals surface area contributed by atoms with Crippen LogP contribution in [0.15, 0.2) is 23.3 Å². The lowest BCUT2D eigenvalue weighted by atomic mass is 9.63. The van der Waals surface area contributed by atoms with Crippen molar-refractivity contribution in [3.05, 3.63) is 23.3 Å². The molecule has 3 aliphatic carbocycles. The van der Waals surface area contributed by atoms with E-state index >= 15 is 0 Å². The van der Waals surface area contributed by atoms with Gasteiger partial charge in [0.2, 0.25) is 0 Å². The molecule has 3 rings (SSSR count). The molecule has 86 valence electrons. The smallest absolute Gasteiger partial charge is 0.162 e. The summed E-state index contributed by atoms with van der Waals surface area (Å²) in [5, 5.41) is 0. The summed E-state index contributed by atoms with van der Waals surface area (Å²) in [5.74, 6) is 2.12. The molecule has 1 heteroatoms. The first-order chi connectivity index (χ1) is 7.75. The Hall–Kier alpha value is -0.850. The monoisotopic (exact) mass is 216 g/mol. The van der Waals surface area contributed by atoms with Crippen molar-refractivity contribution < 1.29 is 4.79 Å². The van der Waals surface area contributed by atoms with Gasteiger partial charge in [-0.05, 0) is 50.0 Å². The number of hydrogen-bond donors (Lipinski definition) is 0. The molecule has 0 heterocycles.